The molecule has 1 aromatic rings. The number of amides is 2. The lowest BCUT2D eigenvalue weighted by Gasteiger charge is -2.24. The van der Waals surface area contributed by atoms with Crippen molar-refractivity contribution in [2.75, 3.05) is 26.2 Å². The van der Waals surface area contributed by atoms with Gasteiger partial charge in [0.05, 0.1) is 0 Å². The van der Waals surface area contributed by atoms with Crippen LogP contribution in [0.15, 0.2) is 30.3 Å². The number of carbonyl (C=O) groups is 1. The van der Waals surface area contributed by atoms with E-state index in [4.69, 9.17) is 0 Å². The zero-order valence-electron chi connectivity index (χ0n) is 10.7. The second kappa shape index (κ2) is 5.01. The number of urea groups is 1. The highest BCUT2D eigenvalue weighted by Gasteiger charge is 2.30. The van der Waals surface area contributed by atoms with Crippen molar-refractivity contribution in [3.63, 3.8) is 0 Å². The van der Waals surface area contributed by atoms with Gasteiger partial charge in [-0.05, 0) is 24.8 Å². The summed E-state index contributed by atoms with van der Waals surface area (Å²) in [6.07, 6.45) is 3.44. The molecule has 18 heavy (non-hydrogen) atoms. The Labute approximate surface area is 108 Å². The highest BCUT2D eigenvalue weighted by molar-refractivity contribution is 5.75. The second-order valence-corrected chi connectivity index (χ2v) is 5.32. The van der Waals surface area contributed by atoms with Crippen LogP contribution in [-0.2, 0) is 0 Å². The Morgan fingerprint density at radius 1 is 1.00 bits per heavy atom. The van der Waals surface area contributed by atoms with E-state index in [0.717, 1.165) is 32.6 Å². The van der Waals surface area contributed by atoms with Crippen LogP contribution in [-0.4, -0.2) is 42.0 Å². The number of carbonyl (C=O) groups excluding carboxylic acids is 1. The first-order chi connectivity index (χ1) is 8.84. The zero-order chi connectivity index (χ0) is 12.4. The number of benzene rings is 1. The summed E-state index contributed by atoms with van der Waals surface area (Å²) in [5.41, 5.74) is 1.37. The van der Waals surface area contributed by atoms with Gasteiger partial charge in [-0.2, -0.15) is 0 Å². The van der Waals surface area contributed by atoms with Gasteiger partial charge in [0, 0.05) is 32.1 Å². The van der Waals surface area contributed by atoms with Crippen molar-refractivity contribution < 1.29 is 4.79 Å². The van der Waals surface area contributed by atoms with Crippen molar-refractivity contribution in [1.29, 1.82) is 0 Å². The largest absolute Gasteiger partial charge is 0.325 e. The van der Waals surface area contributed by atoms with E-state index in [2.05, 4.69) is 24.3 Å². The molecule has 1 aromatic carbocycles. The summed E-state index contributed by atoms with van der Waals surface area (Å²) in [5, 5.41) is 0. The maximum absolute atomic E-state index is 12.3. The SMILES string of the molecule is O=C(N1CCCC1)N1CCC(c2ccccc2)C1. The normalized spacial score (nSPS) is 23.7. The molecule has 3 rings (SSSR count). The molecule has 0 N–H and O–H groups in total. The van der Waals surface area contributed by atoms with Crippen molar-refractivity contribution in [1.82, 2.24) is 9.80 Å². The summed E-state index contributed by atoms with van der Waals surface area (Å²) in [7, 11) is 0. The Kier molecular flexibility index (Phi) is 3.22. The molecule has 0 spiro atoms. The Bertz CT molecular complexity index is 412. The monoisotopic (exact) mass is 244 g/mol. The molecule has 2 heterocycles. The Morgan fingerprint density at radius 2 is 1.72 bits per heavy atom. The van der Waals surface area contributed by atoms with E-state index in [1.54, 1.807) is 0 Å². The van der Waals surface area contributed by atoms with Crippen LogP contribution in [0.4, 0.5) is 4.79 Å². The molecule has 3 nitrogen and oxygen atoms in total. The van der Waals surface area contributed by atoms with Gasteiger partial charge in [-0.1, -0.05) is 30.3 Å². The van der Waals surface area contributed by atoms with Crippen molar-refractivity contribution in [3.8, 4) is 0 Å². The third-order valence-corrected chi connectivity index (χ3v) is 4.11. The van der Waals surface area contributed by atoms with Gasteiger partial charge >= 0.3 is 6.03 Å². The fraction of sp³-hybridized carbons (Fsp3) is 0.533. The highest BCUT2D eigenvalue weighted by atomic mass is 16.2. The van der Waals surface area contributed by atoms with Crippen LogP contribution >= 0.6 is 0 Å². The third kappa shape index (κ3) is 2.22. The maximum Gasteiger partial charge on any atom is 0.320 e. The van der Waals surface area contributed by atoms with E-state index >= 15 is 0 Å². The standard InChI is InChI=1S/C15H20N2O/c18-15(16-9-4-5-10-16)17-11-8-14(12-17)13-6-2-1-3-7-13/h1-3,6-7,14H,4-5,8-12H2. The van der Waals surface area contributed by atoms with Gasteiger partial charge in [0.15, 0.2) is 0 Å². The maximum atomic E-state index is 12.3. The number of nitrogens with zero attached hydrogens (tertiary/aromatic N) is 2. The Morgan fingerprint density at radius 3 is 2.44 bits per heavy atom. The third-order valence-electron chi connectivity index (χ3n) is 4.11. The first-order valence-electron chi connectivity index (χ1n) is 6.93. The van der Waals surface area contributed by atoms with Crippen LogP contribution in [0, 0.1) is 0 Å². The molecule has 0 saturated carbocycles. The lowest BCUT2D eigenvalue weighted by atomic mass is 9.99. The minimum atomic E-state index is 0.255. The molecule has 0 aliphatic carbocycles. The molecule has 2 aliphatic rings. The van der Waals surface area contributed by atoms with Gasteiger partial charge in [-0.3, -0.25) is 0 Å². The summed E-state index contributed by atoms with van der Waals surface area (Å²) in [6, 6.07) is 10.8. The molecule has 2 amide bonds. The van der Waals surface area contributed by atoms with Crippen LogP contribution in [0.3, 0.4) is 0 Å². The van der Waals surface area contributed by atoms with Crippen molar-refractivity contribution in [3.05, 3.63) is 35.9 Å². The van der Waals surface area contributed by atoms with Crippen LogP contribution in [0.1, 0.15) is 30.7 Å². The summed E-state index contributed by atoms with van der Waals surface area (Å²) in [5.74, 6) is 0.526. The molecule has 1 atom stereocenters. The van der Waals surface area contributed by atoms with E-state index in [1.807, 2.05) is 15.9 Å². The molecule has 2 fully saturated rings. The van der Waals surface area contributed by atoms with E-state index in [9.17, 15) is 4.79 Å². The van der Waals surface area contributed by atoms with Gasteiger partial charge in [0.1, 0.15) is 0 Å². The average molecular weight is 244 g/mol. The van der Waals surface area contributed by atoms with Gasteiger partial charge in [0.25, 0.3) is 0 Å². The first kappa shape index (κ1) is 11.6. The summed E-state index contributed by atoms with van der Waals surface area (Å²) < 4.78 is 0. The minimum Gasteiger partial charge on any atom is -0.325 e. The number of rotatable bonds is 1. The summed E-state index contributed by atoms with van der Waals surface area (Å²) in [4.78, 5) is 16.3. The van der Waals surface area contributed by atoms with Gasteiger partial charge in [-0.25, -0.2) is 4.79 Å². The molecule has 96 valence electrons. The number of likely N-dealkylation sites (tertiary alicyclic amines) is 2. The second-order valence-electron chi connectivity index (χ2n) is 5.32. The molecule has 2 saturated heterocycles. The molecule has 3 heteroatoms. The smallest absolute Gasteiger partial charge is 0.320 e. The lowest BCUT2D eigenvalue weighted by molar-refractivity contribution is 0.172. The molecule has 0 radical (unpaired) electrons. The van der Waals surface area contributed by atoms with E-state index < -0.39 is 0 Å². The molecule has 0 aromatic heterocycles. The zero-order valence-corrected chi connectivity index (χ0v) is 10.7. The van der Waals surface area contributed by atoms with Gasteiger partial charge in [-0.15, -0.1) is 0 Å². The summed E-state index contributed by atoms with van der Waals surface area (Å²) in [6.45, 7) is 3.70. The van der Waals surface area contributed by atoms with Crippen molar-refractivity contribution >= 4 is 6.03 Å². The van der Waals surface area contributed by atoms with Crippen molar-refractivity contribution in [2.24, 2.45) is 0 Å². The molecular weight excluding hydrogens is 224 g/mol. The van der Waals surface area contributed by atoms with E-state index in [1.165, 1.54) is 18.4 Å². The molecular formula is C15H20N2O. The quantitative estimate of drug-likeness (QED) is 0.745. The fourth-order valence-electron chi connectivity index (χ4n) is 3.04. The van der Waals surface area contributed by atoms with Crippen molar-refractivity contribution in [2.45, 2.75) is 25.2 Å². The highest BCUT2D eigenvalue weighted by Crippen LogP contribution is 2.28. The van der Waals surface area contributed by atoms with Gasteiger partial charge in [0.2, 0.25) is 0 Å². The summed E-state index contributed by atoms with van der Waals surface area (Å²) >= 11 is 0. The number of hydrogen-bond acceptors (Lipinski definition) is 1. The van der Waals surface area contributed by atoms with Crippen LogP contribution < -0.4 is 0 Å². The first-order valence-corrected chi connectivity index (χ1v) is 6.93. The number of hydrogen-bond donors (Lipinski definition) is 0. The Balaban J connectivity index is 1.63. The molecule has 2 aliphatic heterocycles. The lowest BCUT2D eigenvalue weighted by Crippen LogP contribution is -2.40. The predicted molar refractivity (Wildman–Crippen MR) is 71.6 cm³/mol. The molecule has 1 unspecified atom stereocenters. The van der Waals surface area contributed by atoms with Gasteiger partial charge < -0.3 is 9.80 Å². The minimum absolute atomic E-state index is 0.255. The van der Waals surface area contributed by atoms with E-state index in [0.29, 0.717) is 5.92 Å². The average Bonchev–Trinajstić information content (AvgIpc) is 3.10. The fourth-order valence-corrected chi connectivity index (χ4v) is 3.04. The Hall–Kier alpha value is -1.51. The van der Waals surface area contributed by atoms with Crippen LogP contribution in [0.25, 0.3) is 0 Å². The molecule has 0 bridgehead atoms. The van der Waals surface area contributed by atoms with E-state index in [-0.39, 0.29) is 6.03 Å². The van der Waals surface area contributed by atoms with Crippen LogP contribution in [0.5, 0.6) is 0 Å². The predicted octanol–water partition coefficient (Wildman–Crippen LogP) is 2.69. The topological polar surface area (TPSA) is 23.6 Å². The van der Waals surface area contributed by atoms with Crippen LogP contribution in [0.2, 0.25) is 0 Å².